The van der Waals surface area contributed by atoms with Crippen molar-refractivity contribution in [3.8, 4) is 0 Å². The molecule has 0 aromatic heterocycles. The molecule has 20 heavy (non-hydrogen) atoms. The van der Waals surface area contributed by atoms with Gasteiger partial charge in [0.2, 0.25) is 0 Å². The van der Waals surface area contributed by atoms with Gasteiger partial charge in [-0.05, 0) is 36.0 Å². The Morgan fingerprint density at radius 1 is 1.45 bits per heavy atom. The van der Waals surface area contributed by atoms with Crippen LogP contribution in [0, 0.1) is 11.3 Å². The molecule has 1 aromatic carbocycles. The summed E-state index contributed by atoms with van der Waals surface area (Å²) in [5.74, 6) is -0.578. The van der Waals surface area contributed by atoms with Gasteiger partial charge in [0.25, 0.3) is 0 Å². The van der Waals surface area contributed by atoms with Gasteiger partial charge < -0.3 is 15.7 Å². The number of aromatic carboxylic acids is 1. The average molecular weight is 341 g/mol. The fourth-order valence-corrected chi connectivity index (χ4v) is 2.47. The summed E-state index contributed by atoms with van der Waals surface area (Å²) < 4.78 is 0.709. The Morgan fingerprint density at radius 3 is 2.65 bits per heavy atom. The molecule has 1 atom stereocenters. The summed E-state index contributed by atoms with van der Waals surface area (Å²) >= 11 is 3.26. The zero-order valence-corrected chi connectivity index (χ0v) is 13.0. The molecule has 108 valence electrons. The first kappa shape index (κ1) is 14.8. The van der Waals surface area contributed by atoms with Crippen LogP contribution in [0.25, 0.3) is 0 Å². The largest absolute Gasteiger partial charge is 0.478 e. The van der Waals surface area contributed by atoms with Crippen LogP contribution >= 0.6 is 15.9 Å². The van der Waals surface area contributed by atoms with Gasteiger partial charge >= 0.3 is 12.0 Å². The van der Waals surface area contributed by atoms with Crippen molar-refractivity contribution < 1.29 is 14.7 Å². The lowest BCUT2D eigenvalue weighted by atomic mass is 10.1. The van der Waals surface area contributed by atoms with Crippen LogP contribution in [0.5, 0.6) is 0 Å². The first-order valence-electron chi connectivity index (χ1n) is 6.37. The second kappa shape index (κ2) is 5.44. The lowest BCUT2D eigenvalue weighted by molar-refractivity contribution is 0.0698. The lowest BCUT2D eigenvalue weighted by Gasteiger charge is -2.11. The molecule has 0 radical (unpaired) electrons. The van der Waals surface area contributed by atoms with Gasteiger partial charge in [-0.15, -0.1) is 0 Å². The molecule has 1 aromatic rings. The predicted octanol–water partition coefficient (Wildman–Crippen LogP) is 3.31. The number of amides is 2. The standard InChI is InChI=1S/C14H17BrN2O3/c1-14(2)6-8(14)7-16-13(20)17-11-5-9(15)3-4-10(11)12(18)19/h3-5,8H,6-7H2,1-2H3,(H,18,19)(H2,16,17,20). The van der Waals surface area contributed by atoms with Crippen LogP contribution in [0.4, 0.5) is 10.5 Å². The number of hydrogen-bond acceptors (Lipinski definition) is 2. The highest BCUT2D eigenvalue weighted by Crippen LogP contribution is 2.50. The van der Waals surface area contributed by atoms with Crippen LogP contribution in [-0.2, 0) is 0 Å². The van der Waals surface area contributed by atoms with E-state index in [4.69, 9.17) is 5.11 Å². The molecule has 1 unspecified atom stereocenters. The van der Waals surface area contributed by atoms with Crippen molar-refractivity contribution >= 4 is 33.6 Å². The number of urea groups is 1. The number of hydrogen-bond donors (Lipinski definition) is 3. The molecule has 3 N–H and O–H groups in total. The molecular formula is C14H17BrN2O3. The number of carbonyl (C=O) groups excluding carboxylic acids is 1. The molecule has 1 aliphatic carbocycles. The molecule has 1 aliphatic rings. The first-order chi connectivity index (χ1) is 9.29. The maximum atomic E-state index is 11.8. The Hall–Kier alpha value is -1.56. The number of halogens is 1. The van der Waals surface area contributed by atoms with E-state index < -0.39 is 5.97 Å². The minimum atomic E-state index is -1.07. The molecule has 5 nitrogen and oxygen atoms in total. The number of rotatable bonds is 4. The summed E-state index contributed by atoms with van der Waals surface area (Å²) in [4.78, 5) is 22.9. The van der Waals surface area contributed by atoms with E-state index in [-0.39, 0.29) is 17.3 Å². The Bertz CT molecular complexity index is 557. The number of anilines is 1. The number of carboxylic acids is 1. The van der Waals surface area contributed by atoms with Crippen molar-refractivity contribution in [3.05, 3.63) is 28.2 Å². The van der Waals surface area contributed by atoms with Gasteiger partial charge in [0.15, 0.2) is 0 Å². The van der Waals surface area contributed by atoms with Crippen molar-refractivity contribution in [2.45, 2.75) is 20.3 Å². The van der Waals surface area contributed by atoms with E-state index in [1.54, 1.807) is 12.1 Å². The summed E-state index contributed by atoms with van der Waals surface area (Å²) in [6.45, 7) is 4.93. The molecule has 1 saturated carbocycles. The van der Waals surface area contributed by atoms with Gasteiger partial charge in [-0.2, -0.15) is 0 Å². The zero-order valence-electron chi connectivity index (χ0n) is 11.4. The summed E-state index contributed by atoms with van der Waals surface area (Å²) in [6.07, 6.45) is 1.10. The molecule has 0 heterocycles. The second-order valence-electron chi connectivity index (χ2n) is 5.72. The molecule has 6 heteroatoms. The van der Waals surface area contributed by atoms with Gasteiger partial charge in [-0.3, -0.25) is 0 Å². The van der Waals surface area contributed by atoms with Crippen LogP contribution in [0.2, 0.25) is 0 Å². The highest BCUT2D eigenvalue weighted by atomic mass is 79.9. The average Bonchev–Trinajstić information content (AvgIpc) is 2.94. The number of benzene rings is 1. The van der Waals surface area contributed by atoms with Crippen LogP contribution in [0.1, 0.15) is 30.6 Å². The van der Waals surface area contributed by atoms with E-state index in [1.807, 2.05) is 0 Å². The third-order valence-electron chi connectivity index (χ3n) is 3.69. The van der Waals surface area contributed by atoms with E-state index in [0.717, 1.165) is 6.42 Å². The molecule has 0 bridgehead atoms. The third-order valence-corrected chi connectivity index (χ3v) is 4.18. The van der Waals surface area contributed by atoms with Gasteiger partial charge in [0.05, 0.1) is 11.3 Å². The normalized spacial score (nSPS) is 19.2. The Labute approximate surface area is 125 Å². The quantitative estimate of drug-likeness (QED) is 0.786. The fraction of sp³-hybridized carbons (Fsp3) is 0.429. The summed E-state index contributed by atoms with van der Waals surface area (Å²) in [6, 6.07) is 4.27. The maximum Gasteiger partial charge on any atom is 0.337 e. The van der Waals surface area contributed by atoms with E-state index >= 15 is 0 Å². The monoisotopic (exact) mass is 340 g/mol. The molecule has 1 fully saturated rings. The zero-order chi connectivity index (χ0) is 14.9. The lowest BCUT2D eigenvalue weighted by Crippen LogP contribution is -2.31. The maximum absolute atomic E-state index is 11.8. The number of carboxylic acid groups (broad SMARTS) is 1. The SMILES string of the molecule is CC1(C)CC1CNC(=O)Nc1cc(Br)ccc1C(=O)O. The van der Waals surface area contributed by atoms with E-state index in [2.05, 4.69) is 40.4 Å². The molecule has 2 rings (SSSR count). The highest BCUT2D eigenvalue weighted by Gasteiger charge is 2.45. The number of carbonyl (C=O) groups is 2. The van der Waals surface area contributed by atoms with E-state index in [1.165, 1.54) is 6.07 Å². The van der Waals surface area contributed by atoms with Crippen LogP contribution < -0.4 is 10.6 Å². The molecule has 2 amide bonds. The first-order valence-corrected chi connectivity index (χ1v) is 7.16. The predicted molar refractivity (Wildman–Crippen MR) is 80.0 cm³/mol. The van der Waals surface area contributed by atoms with Gasteiger partial charge in [-0.25, -0.2) is 9.59 Å². The topological polar surface area (TPSA) is 78.4 Å². The minimum absolute atomic E-state index is 0.0649. The highest BCUT2D eigenvalue weighted by molar-refractivity contribution is 9.10. The second-order valence-corrected chi connectivity index (χ2v) is 6.64. The van der Waals surface area contributed by atoms with Crippen molar-refractivity contribution in [1.82, 2.24) is 5.32 Å². The summed E-state index contributed by atoms with van der Waals surface area (Å²) in [5.41, 5.74) is 0.643. The van der Waals surface area contributed by atoms with Crippen molar-refractivity contribution in [1.29, 1.82) is 0 Å². The fourth-order valence-electron chi connectivity index (χ4n) is 2.11. The summed E-state index contributed by atoms with van der Waals surface area (Å²) in [7, 11) is 0. The smallest absolute Gasteiger partial charge is 0.337 e. The van der Waals surface area contributed by atoms with Crippen molar-refractivity contribution in [2.75, 3.05) is 11.9 Å². The van der Waals surface area contributed by atoms with Crippen LogP contribution in [0.3, 0.4) is 0 Å². The summed E-state index contributed by atoms with van der Waals surface area (Å²) in [5, 5.41) is 14.4. The van der Waals surface area contributed by atoms with E-state index in [0.29, 0.717) is 22.4 Å². The minimum Gasteiger partial charge on any atom is -0.478 e. The van der Waals surface area contributed by atoms with Gasteiger partial charge in [-0.1, -0.05) is 29.8 Å². The third kappa shape index (κ3) is 3.50. The Balaban J connectivity index is 1.97. The molecule has 0 aliphatic heterocycles. The molecule has 0 saturated heterocycles. The Morgan fingerprint density at radius 2 is 2.10 bits per heavy atom. The molecule has 0 spiro atoms. The number of nitrogens with one attached hydrogen (secondary N) is 2. The molecular weight excluding hydrogens is 324 g/mol. The van der Waals surface area contributed by atoms with Crippen LogP contribution in [0.15, 0.2) is 22.7 Å². The van der Waals surface area contributed by atoms with Gasteiger partial charge in [0.1, 0.15) is 0 Å². The van der Waals surface area contributed by atoms with Crippen LogP contribution in [-0.4, -0.2) is 23.7 Å². The van der Waals surface area contributed by atoms with Gasteiger partial charge in [0, 0.05) is 11.0 Å². The van der Waals surface area contributed by atoms with Crippen molar-refractivity contribution in [2.24, 2.45) is 11.3 Å². The van der Waals surface area contributed by atoms with Crippen molar-refractivity contribution in [3.63, 3.8) is 0 Å². The Kier molecular flexibility index (Phi) is 4.04. The van der Waals surface area contributed by atoms with E-state index in [9.17, 15) is 9.59 Å².